The van der Waals surface area contributed by atoms with Gasteiger partial charge in [-0.05, 0) is 42.3 Å². The van der Waals surface area contributed by atoms with Crippen LogP contribution in [-0.2, 0) is 6.54 Å². The molecule has 0 aliphatic carbocycles. The molecule has 3 aromatic rings. The highest BCUT2D eigenvalue weighted by Crippen LogP contribution is 2.26. The van der Waals surface area contributed by atoms with Gasteiger partial charge in [-0.1, -0.05) is 43.0 Å². The first-order valence-corrected chi connectivity index (χ1v) is 9.26. The molecule has 0 saturated carbocycles. The number of aromatic hydroxyl groups is 1. The Bertz CT molecular complexity index is 1190. The largest absolute Gasteiger partial charge is 0.494 e. The van der Waals surface area contributed by atoms with Crippen LogP contribution in [0.2, 0.25) is 0 Å². The SMILES string of the molecule is C=CCOc1ccc(C(=O)c2c(C)c(C#N)c(=O)n(Cc3ccccc3)c2O)cc1. The van der Waals surface area contributed by atoms with E-state index in [1.165, 1.54) is 6.92 Å². The molecule has 1 N–H and O–H groups in total. The number of hydrogen-bond acceptors (Lipinski definition) is 5. The van der Waals surface area contributed by atoms with Gasteiger partial charge in [0.2, 0.25) is 5.88 Å². The van der Waals surface area contributed by atoms with E-state index in [1.54, 1.807) is 54.6 Å². The molecule has 0 spiro atoms. The first-order valence-electron chi connectivity index (χ1n) is 9.26. The quantitative estimate of drug-likeness (QED) is 0.483. The number of carbonyl (C=O) groups excluding carboxylic acids is 1. The van der Waals surface area contributed by atoms with Gasteiger partial charge in [0.1, 0.15) is 24.0 Å². The number of carbonyl (C=O) groups is 1. The summed E-state index contributed by atoms with van der Waals surface area (Å²) in [5, 5.41) is 20.3. The molecule has 2 aromatic carbocycles. The summed E-state index contributed by atoms with van der Waals surface area (Å²) in [4.78, 5) is 25.9. The van der Waals surface area contributed by atoms with Gasteiger partial charge >= 0.3 is 0 Å². The molecule has 0 fully saturated rings. The third-order valence-electron chi connectivity index (χ3n) is 4.70. The molecule has 0 atom stereocenters. The van der Waals surface area contributed by atoms with Gasteiger partial charge in [-0.2, -0.15) is 5.26 Å². The zero-order valence-corrected chi connectivity index (χ0v) is 16.5. The Labute approximate surface area is 173 Å². The Hall–Kier alpha value is -4.11. The topological polar surface area (TPSA) is 92.3 Å². The van der Waals surface area contributed by atoms with Crippen LogP contribution in [0, 0.1) is 18.3 Å². The predicted octanol–water partition coefficient (Wildman–Crippen LogP) is 3.58. The van der Waals surface area contributed by atoms with Crippen molar-refractivity contribution in [3.05, 3.63) is 105 Å². The lowest BCUT2D eigenvalue weighted by Gasteiger charge is -2.16. The molecule has 0 unspecified atom stereocenters. The van der Waals surface area contributed by atoms with Gasteiger partial charge in [-0.15, -0.1) is 0 Å². The van der Waals surface area contributed by atoms with Crippen molar-refractivity contribution in [2.75, 3.05) is 6.61 Å². The van der Waals surface area contributed by atoms with Crippen LogP contribution in [0.3, 0.4) is 0 Å². The summed E-state index contributed by atoms with van der Waals surface area (Å²) in [5.41, 5.74) is 0.333. The Morgan fingerprint density at radius 1 is 1.20 bits per heavy atom. The van der Waals surface area contributed by atoms with E-state index in [0.717, 1.165) is 10.1 Å². The van der Waals surface area contributed by atoms with Gasteiger partial charge < -0.3 is 9.84 Å². The number of nitriles is 1. The summed E-state index contributed by atoms with van der Waals surface area (Å²) >= 11 is 0. The number of aromatic nitrogens is 1. The van der Waals surface area contributed by atoms with Gasteiger partial charge in [0.15, 0.2) is 5.78 Å². The van der Waals surface area contributed by atoms with Crippen LogP contribution in [0.15, 0.2) is 72.0 Å². The van der Waals surface area contributed by atoms with Gasteiger partial charge in [-0.25, -0.2) is 0 Å². The van der Waals surface area contributed by atoms with Gasteiger partial charge in [0.25, 0.3) is 5.56 Å². The number of ether oxygens (including phenoxy) is 1. The highest BCUT2D eigenvalue weighted by atomic mass is 16.5. The van der Waals surface area contributed by atoms with E-state index in [4.69, 9.17) is 4.74 Å². The van der Waals surface area contributed by atoms with Crippen molar-refractivity contribution in [3.63, 3.8) is 0 Å². The minimum absolute atomic E-state index is 0.0368. The molecule has 1 aromatic heterocycles. The summed E-state index contributed by atoms with van der Waals surface area (Å²) < 4.78 is 6.46. The number of hydrogen-bond donors (Lipinski definition) is 1. The van der Waals surface area contributed by atoms with Crippen molar-refractivity contribution in [1.82, 2.24) is 4.57 Å². The molecule has 1 heterocycles. The summed E-state index contributed by atoms with van der Waals surface area (Å²) in [6.07, 6.45) is 1.61. The molecule has 6 heteroatoms. The molecule has 6 nitrogen and oxygen atoms in total. The fraction of sp³-hybridized carbons (Fsp3) is 0.125. The van der Waals surface area contributed by atoms with E-state index in [2.05, 4.69) is 6.58 Å². The summed E-state index contributed by atoms with van der Waals surface area (Å²) in [6.45, 7) is 5.44. The van der Waals surface area contributed by atoms with E-state index in [1.807, 2.05) is 12.1 Å². The molecule has 150 valence electrons. The number of benzene rings is 2. The van der Waals surface area contributed by atoms with Crippen LogP contribution in [-0.4, -0.2) is 22.1 Å². The van der Waals surface area contributed by atoms with Crippen LogP contribution in [0.25, 0.3) is 0 Å². The predicted molar refractivity (Wildman–Crippen MR) is 113 cm³/mol. The van der Waals surface area contributed by atoms with Crippen molar-refractivity contribution >= 4 is 5.78 Å². The van der Waals surface area contributed by atoms with Crippen LogP contribution in [0.4, 0.5) is 0 Å². The van der Waals surface area contributed by atoms with E-state index >= 15 is 0 Å². The zero-order chi connectivity index (χ0) is 21.7. The Balaban J connectivity index is 2.08. The van der Waals surface area contributed by atoms with E-state index in [0.29, 0.717) is 17.9 Å². The molecule has 3 rings (SSSR count). The molecule has 0 saturated heterocycles. The second-order valence-corrected chi connectivity index (χ2v) is 6.64. The molecule has 0 aliphatic heterocycles. The smallest absolute Gasteiger partial charge is 0.271 e. The fourth-order valence-corrected chi connectivity index (χ4v) is 3.14. The fourth-order valence-electron chi connectivity index (χ4n) is 3.14. The lowest BCUT2D eigenvalue weighted by Crippen LogP contribution is -2.27. The lowest BCUT2D eigenvalue weighted by molar-refractivity contribution is 0.103. The van der Waals surface area contributed by atoms with Crippen LogP contribution in [0.1, 0.15) is 32.6 Å². The van der Waals surface area contributed by atoms with Gasteiger partial charge in [-0.3, -0.25) is 14.2 Å². The third-order valence-corrected chi connectivity index (χ3v) is 4.70. The number of rotatable bonds is 7. The zero-order valence-electron chi connectivity index (χ0n) is 16.5. The molecule has 0 radical (unpaired) electrons. The highest BCUT2D eigenvalue weighted by Gasteiger charge is 2.25. The average Bonchev–Trinajstić information content (AvgIpc) is 2.76. The normalized spacial score (nSPS) is 10.3. The van der Waals surface area contributed by atoms with E-state index < -0.39 is 17.2 Å². The number of nitrogens with zero attached hydrogens (tertiary/aromatic N) is 2. The molecular weight excluding hydrogens is 380 g/mol. The third kappa shape index (κ3) is 4.01. The van der Waals surface area contributed by atoms with Crippen LogP contribution >= 0.6 is 0 Å². The molecule has 0 bridgehead atoms. The first kappa shape index (κ1) is 20.6. The summed E-state index contributed by atoms with van der Waals surface area (Å²) in [6, 6.07) is 17.3. The first-order chi connectivity index (χ1) is 14.5. The molecule has 0 aliphatic rings. The minimum atomic E-state index is -0.638. The maximum Gasteiger partial charge on any atom is 0.271 e. The van der Waals surface area contributed by atoms with E-state index in [-0.39, 0.29) is 23.2 Å². The summed E-state index contributed by atoms with van der Waals surface area (Å²) in [5.74, 6) is -0.380. The number of ketones is 1. The van der Waals surface area contributed by atoms with Crippen LogP contribution in [0.5, 0.6) is 11.6 Å². The molecular formula is C24H20N2O4. The monoisotopic (exact) mass is 400 g/mol. The highest BCUT2D eigenvalue weighted by molar-refractivity contribution is 6.11. The molecule has 30 heavy (non-hydrogen) atoms. The second kappa shape index (κ2) is 8.93. The Kier molecular flexibility index (Phi) is 6.14. The minimum Gasteiger partial charge on any atom is -0.494 e. The number of pyridine rings is 1. The van der Waals surface area contributed by atoms with Crippen molar-refractivity contribution in [1.29, 1.82) is 5.26 Å². The van der Waals surface area contributed by atoms with Crippen molar-refractivity contribution in [2.24, 2.45) is 0 Å². The standard InChI is InChI=1S/C24H20N2O4/c1-3-13-30-19-11-9-18(10-12-19)22(27)21-16(2)20(14-25)23(28)26(24(21)29)15-17-7-5-4-6-8-17/h3-12,29H,1,13,15H2,2H3. The summed E-state index contributed by atoms with van der Waals surface area (Å²) in [7, 11) is 0. The maximum absolute atomic E-state index is 13.2. The van der Waals surface area contributed by atoms with Gasteiger partial charge in [0.05, 0.1) is 12.1 Å². The van der Waals surface area contributed by atoms with E-state index in [9.17, 15) is 20.0 Å². The average molecular weight is 400 g/mol. The second-order valence-electron chi connectivity index (χ2n) is 6.64. The maximum atomic E-state index is 13.2. The lowest BCUT2D eigenvalue weighted by atomic mass is 9.97. The van der Waals surface area contributed by atoms with Gasteiger partial charge in [0, 0.05) is 5.56 Å². The van der Waals surface area contributed by atoms with Crippen LogP contribution < -0.4 is 10.3 Å². The van der Waals surface area contributed by atoms with Crippen molar-refractivity contribution < 1.29 is 14.6 Å². The van der Waals surface area contributed by atoms with Crippen molar-refractivity contribution in [2.45, 2.75) is 13.5 Å². The Morgan fingerprint density at radius 2 is 1.87 bits per heavy atom. The molecule has 0 amide bonds. The van der Waals surface area contributed by atoms with Crippen molar-refractivity contribution in [3.8, 4) is 17.7 Å². The Morgan fingerprint density at radius 3 is 2.47 bits per heavy atom.